The minimum atomic E-state index is -0.334. The van der Waals surface area contributed by atoms with Gasteiger partial charge in [0.2, 0.25) is 11.8 Å². The summed E-state index contributed by atoms with van der Waals surface area (Å²) in [5, 5.41) is 3.19. The van der Waals surface area contributed by atoms with E-state index in [1.54, 1.807) is 25.4 Å². The summed E-state index contributed by atoms with van der Waals surface area (Å²) in [6, 6.07) is 3.54. The fourth-order valence-corrected chi connectivity index (χ4v) is 2.71. The Labute approximate surface area is 131 Å². The molecule has 1 atom stereocenters. The summed E-state index contributed by atoms with van der Waals surface area (Å²) in [5.74, 6) is 0.594. The first kappa shape index (κ1) is 16.1. The van der Waals surface area contributed by atoms with Gasteiger partial charge in [0.1, 0.15) is 0 Å². The molecule has 116 valence electrons. The van der Waals surface area contributed by atoms with Crippen LogP contribution in [-0.2, 0) is 4.79 Å². The van der Waals surface area contributed by atoms with E-state index in [4.69, 9.17) is 4.74 Å². The molecule has 1 aliphatic heterocycles. The molecule has 0 aliphatic carbocycles. The first-order valence-electron chi connectivity index (χ1n) is 7.18. The van der Waals surface area contributed by atoms with Crippen LogP contribution in [0.25, 0.3) is 0 Å². The van der Waals surface area contributed by atoms with Crippen LogP contribution in [-0.4, -0.2) is 41.4 Å². The van der Waals surface area contributed by atoms with Gasteiger partial charge in [0.15, 0.2) is 0 Å². The van der Waals surface area contributed by atoms with Crippen LogP contribution in [0.5, 0.6) is 5.88 Å². The predicted octanol–water partition coefficient (Wildman–Crippen LogP) is 2.41. The average Bonchev–Trinajstić information content (AvgIpc) is 2.48. The fraction of sp³-hybridized carbons (Fsp3) is 0.600. The van der Waals surface area contributed by atoms with Crippen molar-refractivity contribution in [1.82, 2.24) is 9.88 Å². The summed E-state index contributed by atoms with van der Waals surface area (Å²) >= 11 is 4.45. The molecule has 0 spiro atoms. The Balaban J connectivity index is 1.96. The second kappa shape index (κ2) is 6.66. The van der Waals surface area contributed by atoms with E-state index in [9.17, 15) is 4.79 Å². The van der Waals surface area contributed by atoms with Crippen molar-refractivity contribution in [3.05, 3.63) is 18.3 Å². The highest BCUT2D eigenvalue weighted by atomic mass is 32.1. The second-order valence-corrected chi connectivity index (χ2v) is 6.52. The number of ether oxygens (including phenoxy) is 1. The van der Waals surface area contributed by atoms with E-state index in [1.807, 2.05) is 6.92 Å². The summed E-state index contributed by atoms with van der Waals surface area (Å²) in [7, 11) is 1.57. The molecule has 1 aromatic rings. The number of anilines is 1. The number of thiol groups is 1. The van der Waals surface area contributed by atoms with Crippen molar-refractivity contribution in [2.45, 2.75) is 32.1 Å². The lowest BCUT2D eigenvalue weighted by atomic mass is 9.79. The van der Waals surface area contributed by atoms with Crippen molar-refractivity contribution in [2.75, 3.05) is 25.5 Å². The normalized spacial score (nSPS) is 19.8. The van der Waals surface area contributed by atoms with Gasteiger partial charge in [-0.3, -0.25) is 9.69 Å². The zero-order valence-corrected chi connectivity index (χ0v) is 13.7. The molecule has 1 amide bonds. The highest BCUT2D eigenvalue weighted by Gasteiger charge is 2.37. The van der Waals surface area contributed by atoms with Crippen LogP contribution in [0.2, 0.25) is 0 Å². The molecule has 1 fully saturated rings. The molecule has 0 aromatic carbocycles. The number of likely N-dealkylation sites (tertiary alicyclic amines) is 1. The predicted molar refractivity (Wildman–Crippen MR) is 86.8 cm³/mol. The van der Waals surface area contributed by atoms with Crippen molar-refractivity contribution in [1.29, 1.82) is 0 Å². The number of piperidine rings is 1. The lowest BCUT2D eigenvalue weighted by Gasteiger charge is -2.39. The van der Waals surface area contributed by atoms with Crippen molar-refractivity contribution in [2.24, 2.45) is 5.41 Å². The quantitative estimate of drug-likeness (QED) is 0.839. The lowest BCUT2D eigenvalue weighted by molar-refractivity contribution is -0.127. The maximum Gasteiger partial charge on any atom is 0.230 e. The van der Waals surface area contributed by atoms with Crippen LogP contribution < -0.4 is 10.1 Å². The van der Waals surface area contributed by atoms with Gasteiger partial charge < -0.3 is 10.1 Å². The van der Waals surface area contributed by atoms with Crippen LogP contribution in [0, 0.1) is 5.41 Å². The van der Waals surface area contributed by atoms with E-state index in [1.165, 1.54) is 0 Å². The van der Waals surface area contributed by atoms with Crippen LogP contribution in [0.3, 0.4) is 0 Å². The van der Waals surface area contributed by atoms with Crippen LogP contribution in [0.1, 0.15) is 26.7 Å². The van der Waals surface area contributed by atoms with Gasteiger partial charge in [0, 0.05) is 29.9 Å². The number of methoxy groups -OCH3 is 1. The molecule has 1 aromatic heterocycles. The first-order chi connectivity index (χ1) is 9.94. The van der Waals surface area contributed by atoms with E-state index in [-0.39, 0.29) is 16.7 Å². The summed E-state index contributed by atoms with van der Waals surface area (Å²) < 4.78 is 5.01. The molecule has 1 N–H and O–H groups in total. The van der Waals surface area contributed by atoms with E-state index >= 15 is 0 Å². The number of carbonyl (C=O) groups excluding carboxylic acids is 1. The number of pyridine rings is 1. The summed E-state index contributed by atoms with van der Waals surface area (Å²) in [4.78, 5) is 18.9. The van der Waals surface area contributed by atoms with E-state index in [2.05, 4.69) is 34.8 Å². The molecule has 0 bridgehead atoms. The SMILES string of the molecule is COc1ccc(NC(=O)C2(C)CCN(C(C)S)CC2)cn1. The zero-order valence-electron chi connectivity index (χ0n) is 12.8. The number of hydrogen-bond acceptors (Lipinski definition) is 5. The van der Waals surface area contributed by atoms with Gasteiger partial charge in [-0.1, -0.05) is 6.92 Å². The van der Waals surface area contributed by atoms with Gasteiger partial charge in [-0.2, -0.15) is 12.6 Å². The van der Waals surface area contributed by atoms with E-state index < -0.39 is 0 Å². The van der Waals surface area contributed by atoms with Crippen molar-refractivity contribution < 1.29 is 9.53 Å². The van der Waals surface area contributed by atoms with Crippen molar-refractivity contribution >= 4 is 24.2 Å². The number of amides is 1. The minimum absolute atomic E-state index is 0.0564. The third-order valence-electron chi connectivity index (χ3n) is 4.18. The molecule has 1 aliphatic rings. The average molecular weight is 309 g/mol. The van der Waals surface area contributed by atoms with Gasteiger partial charge in [0.25, 0.3) is 0 Å². The molecule has 1 unspecified atom stereocenters. The van der Waals surface area contributed by atoms with Gasteiger partial charge in [0.05, 0.1) is 19.0 Å². The molecular formula is C15H23N3O2S. The highest BCUT2D eigenvalue weighted by molar-refractivity contribution is 7.80. The highest BCUT2D eigenvalue weighted by Crippen LogP contribution is 2.33. The Hall–Kier alpha value is -1.27. The van der Waals surface area contributed by atoms with Crippen molar-refractivity contribution in [3.63, 3.8) is 0 Å². The first-order valence-corrected chi connectivity index (χ1v) is 7.70. The smallest absolute Gasteiger partial charge is 0.230 e. The third-order valence-corrected chi connectivity index (χ3v) is 4.51. The maximum absolute atomic E-state index is 12.5. The molecule has 0 saturated carbocycles. The number of hydrogen-bond donors (Lipinski definition) is 2. The Morgan fingerprint density at radius 3 is 2.62 bits per heavy atom. The Bertz CT molecular complexity index is 482. The second-order valence-electron chi connectivity index (χ2n) is 5.77. The summed E-state index contributed by atoms with van der Waals surface area (Å²) in [6.07, 6.45) is 3.30. The molecule has 21 heavy (non-hydrogen) atoms. The van der Waals surface area contributed by atoms with Crippen LogP contribution >= 0.6 is 12.6 Å². The van der Waals surface area contributed by atoms with Crippen LogP contribution in [0.4, 0.5) is 5.69 Å². The van der Waals surface area contributed by atoms with Gasteiger partial charge in [-0.15, -0.1) is 0 Å². The fourth-order valence-electron chi connectivity index (χ4n) is 2.48. The van der Waals surface area contributed by atoms with E-state index in [0.717, 1.165) is 25.9 Å². The number of aromatic nitrogens is 1. The monoisotopic (exact) mass is 309 g/mol. The molecule has 2 heterocycles. The van der Waals surface area contributed by atoms with Gasteiger partial charge in [-0.25, -0.2) is 4.98 Å². The number of nitrogens with one attached hydrogen (secondary N) is 1. The van der Waals surface area contributed by atoms with Gasteiger partial charge >= 0.3 is 0 Å². The topological polar surface area (TPSA) is 54.5 Å². The Kier molecular flexibility index (Phi) is 5.11. The summed E-state index contributed by atoms with van der Waals surface area (Å²) in [5.41, 5.74) is 0.367. The number of rotatable bonds is 4. The molecular weight excluding hydrogens is 286 g/mol. The van der Waals surface area contributed by atoms with Crippen molar-refractivity contribution in [3.8, 4) is 5.88 Å². The molecule has 0 radical (unpaired) electrons. The third kappa shape index (κ3) is 3.89. The maximum atomic E-state index is 12.5. The van der Waals surface area contributed by atoms with Gasteiger partial charge in [-0.05, 0) is 25.8 Å². The largest absolute Gasteiger partial charge is 0.481 e. The molecule has 1 saturated heterocycles. The Morgan fingerprint density at radius 2 is 2.14 bits per heavy atom. The van der Waals surface area contributed by atoms with Crippen LogP contribution in [0.15, 0.2) is 18.3 Å². The molecule has 2 rings (SSSR count). The minimum Gasteiger partial charge on any atom is -0.481 e. The lowest BCUT2D eigenvalue weighted by Crippen LogP contribution is -2.46. The summed E-state index contributed by atoms with van der Waals surface area (Å²) in [6.45, 7) is 5.89. The zero-order chi connectivity index (χ0) is 15.5. The number of carbonyl (C=O) groups is 1. The molecule has 5 nitrogen and oxygen atoms in total. The van der Waals surface area contributed by atoms with E-state index in [0.29, 0.717) is 11.6 Å². The number of nitrogens with zero attached hydrogens (tertiary/aromatic N) is 2. The standard InChI is InChI=1S/C15H23N3O2S/c1-11(21)18-8-6-15(2,7-9-18)14(19)17-12-4-5-13(20-3)16-10-12/h4-5,10-11,21H,6-9H2,1-3H3,(H,17,19). The molecule has 6 heteroatoms. The Morgan fingerprint density at radius 1 is 1.48 bits per heavy atom.